The lowest BCUT2D eigenvalue weighted by atomic mass is 10.4. The van der Waals surface area contributed by atoms with Crippen molar-refractivity contribution in [3.05, 3.63) is 11.4 Å². The molecule has 1 aromatic heterocycles. The maximum absolute atomic E-state index is 11.2. The van der Waals surface area contributed by atoms with Crippen molar-refractivity contribution in [1.82, 2.24) is 9.78 Å². The molecule has 0 saturated carbocycles. The van der Waals surface area contributed by atoms with Crippen molar-refractivity contribution >= 4 is 25.7 Å². The number of halogens is 1. The Balaban J connectivity index is 3.23. The fourth-order valence-corrected chi connectivity index (χ4v) is 2.90. The van der Waals surface area contributed by atoms with Crippen LogP contribution in [0.15, 0.2) is 4.90 Å². The maximum Gasteiger partial charge on any atom is 0.327 e. The summed E-state index contributed by atoms with van der Waals surface area (Å²) < 4.78 is 28.2. The third-order valence-corrected chi connectivity index (χ3v) is 3.61. The van der Waals surface area contributed by atoms with E-state index in [0.29, 0.717) is 5.69 Å². The van der Waals surface area contributed by atoms with Gasteiger partial charge in [0.25, 0.3) is 9.05 Å². The quantitative estimate of drug-likeness (QED) is 0.591. The van der Waals surface area contributed by atoms with E-state index in [1.807, 2.05) is 0 Å². The van der Waals surface area contributed by atoms with E-state index in [2.05, 4.69) is 9.84 Å². The van der Waals surface area contributed by atoms with E-state index in [-0.39, 0.29) is 17.1 Å². The van der Waals surface area contributed by atoms with Crippen LogP contribution in [-0.2, 0) is 25.1 Å². The van der Waals surface area contributed by atoms with Crippen LogP contribution < -0.4 is 0 Å². The van der Waals surface area contributed by atoms with Gasteiger partial charge < -0.3 is 4.74 Å². The lowest BCUT2D eigenvalue weighted by Crippen LogP contribution is -2.14. The zero-order valence-electron chi connectivity index (χ0n) is 9.02. The Bertz CT molecular complexity index is 520. The summed E-state index contributed by atoms with van der Waals surface area (Å²) in [5.74, 6) is -0.510. The topological polar surface area (TPSA) is 78.3 Å². The monoisotopic (exact) mass is 266 g/mol. The van der Waals surface area contributed by atoms with Crippen molar-refractivity contribution in [2.75, 3.05) is 7.11 Å². The fourth-order valence-electron chi connectivity index (χ4n) is 1.37. The van der Waals surface area contributed by atoms with Crippen LogP contribution in [0.3, 0.4) is 0 Å². The van der Waals surface area contributed by atoms with Crippen molar-refractivity contribution in [3.8, 4) is 0 Å². The molecule has 1 heterocycles. The molecule has 0 unspecified atom stereocenters. The molecule has 16 heavy (non-hydrogen) atoms. The highest BCUT2D eigenvalue weighted by molar-refractivity contribution is 8.13. The Morgan fingerprint density at radius 1 is 1.50 bits per heavy atom. The number of rotatable bonds is 3. The molecule has 0 amide bonds. The van der Waals surface area contributed by atoms with E-state index in [0.717, 1.165) is 0 Å². The second-order valence-corrected chi connectivity index (χ2v) is 5.67. The second kappa shape index (κ2) is 4.42. The van der Waals surface area contributed by atoms with Crippen LogP contribution in [0, 0.1) is 13.8 Å². The molecule has 0 aliphatic carbocycles. The summed E-state index contributed by atoms with van der Waals surface area (Å²) in [5.41, 5.74) is 0.578. The molecule has 0 bridgehead atoms. The van der Waals surface area contributed by atoms with E-state index in [1.54, 1.807) is 0 Å². The van der Waals surface area contributed by atoms with Gasteiger partial charge in [-0.2, -0.15) is 5.10 Å². The zero-order chi connectivity index (χ0) is 12.5. The standard InChI is InChI=1S/C8H11ClN2O4S/c1-5-8(16(9,13)14)6(2)11(10-5)4-7(12)15-3/h4H2,1-3H3. The van der Waals surface area contributed by atoms with E-state index in [1.165, 1.54) is 25.6 Å². The van der Waals surface area contributed by atoms with Crippen molar-refractivity contribution < 1.29 is 17.9 Å². The lowest BCUT2D eigenvalue weighted by Gasteiger charge is -2.02. The van der Waals surface area contributed by atoms with Gasteiger partial charge in [-0.05, 0) is 13.8 Å². The fraction of sp³-hybridized carbons (Fsp3) is 0.500. The number of nitrogens with zero attached hydrogens (tertiary/aromatic N) is 2. The lowest BCUT2D eigenvalue weighted by molar-refractivity contribution is -0.141. The average molecular weight is 267 g/mol. The largest absolute Gasteiger partial charge is 0.468 e. The van der Waals surface area contributed by atoms with Gasteiger partial charge in [0.2, 0.25) is 0 Å². The Morgan fingerprint density at radius 3 is 2.44 bits per heavy atom. The van der Waals surface area contributed by atoms with Crippen molar-refractivity contribution in [1.29, 1.82) is 0 Å². The highest BCUT2D eigenvalue weighted by Gasteiger charge is 2.23. The summed E-state index contributed by atoms with van der Waals surface area (Å²) >= 11 is 0. The summed E-state index contributed by atoms with van der Waals surface area (Å²) in [5, 5.41) is 3.92. The van der Waals surface area contributed by atoms with Gasteiger partial charge in [-0.1, -0.05) is 0 Å². The molecule has 0 aliphatic rings. The number of carbonyl (C=O) groups is 1. The number of aryl methyl sites for hydroxylation is 1. The van der Waals surface area contributed by atoms with Gasteiger partial charge in [-0.3, -0.25) is 9.48 Å². The molecule has 1 aromatic rings. The normalized spacial score (nSPS) is 11.5. The van der Waals surface area contributed by atoms with E-state index in [4.69, 9.17) is 10.7 Å². The number of aromatic nitrogens is 2. The van der Waals surface area contributed by atoms with Crippen LogP contribution in [0.1, 0.15) is 11.4 Å². The molecule has 0 fully saturated rings. The highest BCUT2D eigenvalue weighted by Crippen LogP contribution is 2.22. The summed E-state index contributed by atoms with van der Waals surface area (Å²) in [6.07, 6.45) is 0. The Morgan fingerprint density at radius 2 is 2.06 bits per heavy atom. The third kappa shape index (κ3) is 2.53. The van der Waals surface area contributed by atoms with Gasteiger partial charge in [-0.15, -0.1) is 0 Å². The molecular formula is C8H11ClN2O4S. The number of hydrogen-bond acceptors (Lipinski definition) is 5. The predicted octanol–water partition coefficient (Wildman–Crippen LogP) is 0.600. The van der Waals surface area contributed by atoms with Crippen LogP contribution in [0.4, 0.5) is 0 Å². The first-order valence-electron chi connectivity index (χ1n) is 4.33. The maximum atomic E-state index is 11.2. The molecule has 8 heteroatoms. The van der Waals surface area contributed by atoms with Crippen LogP contribution in [0.2, 0.25) is 0 Å². The van der Waals surface area contributed by atoms with Crippen LogP contribution in [0.5, 0.6) is 0 Å². The SMILES string of the molecule is COC(=O)Cn1nc(C)c(S(=O)(=O)Cl)c1C. The first-order valence-corrected chi connectivity index (χ1v) is 6.63. The van der Waals surface area contributed by atoms with E-state index in [9.17, 15) is 13.2 Å². The summed E-state index contributed by atoms with van der Waals surface area (Å²) in [6, 6.07) is 0. The number of ether oxygens (including phenoxy) is 1. The van der Waals surface area contributed by atoms with Crippen molar-refractivity contribution in [2.45, 2.75) is 25.3 Å². The van der Waals surface area contributed by atoms with Crippen LogP contribution in [-0.4, -0.2) is 31.3 Å². The molecule has 0 aliphatic heterocycles. The van der Waals surface area contributed by atoms with E-state index < -0.39 is 15.0 Å². The Hall–Kier alpha value is -1.08. The van der Waals surface area contributed by atoms with E-state index >= 15 is 0 Å². The van der Waals surface area contributed by atoms with Gasteiger partial charge in [0.1, 0.15) is 11.4 Å². The van der Waals surface area contributed by atoms with Crippen LogP contribution >= 0.6 is 10.7 Å². The van der Waals surface area contributed by atoms with Gasteiger partial charge in [-0.25, -0.2) is 8.42 Å². The Labute approximate surface area is 97.6 Å². The van der Waals surface area contributed by atoms with Crippen molar-refractivity contribution in [3.63, 3.8) is 0 Å². The average Bonchev–Trinajstić information content (AvgIpc) is 2.40. The zero-order valence-corrected chi connectivity index (χ0v) is 10.6. The van der Waals surface area contributed by atoms with Crippen LogP contribution in [0.25, 0.3) is 0 Å². The molecule has 1 rings (SSSR count). The summed E-state index contributed by atoms with van der Waals surface area (Å²) in [6.45, 7) is 2.89. The molecule has 90 valence electrons. The molecule has 0 atom stereocenters. The summed E-state index contributed by atoms with van der Waals surface area (Å²) in [7, 11) is 2.65. The molecular weight excluding hydrogens is 256 g/mol. The number of carbonyl (C=O) groups excluding carboxylic acids is 1. The van der Waals surface area contributed by atoms with Gasteiger partial charge in [0, 0.05) is 10.7 Å². The molecule has 0 N–H and O–H groups in total. The summed E-state index contributed by atoms with van der Waals surface area (Å²) in [4.78, 5) is 11.0. The minimum atomic E-state index is -3.85. The number of methoxy groups -OCH3 is 1. The Kier molecular flexibility index (Phi) is 3.59. The molecule has 0 aromatic carbocycles. The predicted molar refractivity (Wildman–Crippen MR) is 56.8 cm³/mol. The molecule has 0 spiro atoms. The van der Waals surface area contributed by atoms with Gasteiger partial charge >= 0.3 is 5.97 Å². The highest BCUT2D eigenvalue weighted by atomic mass is 35.7. The second-order valence-electron chi connectivity index (χ2n) is 3.17. The van der Waals surface area contributed by atoms with Gasteiger partial charge in [0.15, 0.2) is 0 Å². The first kappa shape index (κ1) is 13.0. The first-order chi connectivity index (χ1) is 7.27. The molecule has 0 radical (unpaired) electrons. The molecule has 0 saturated heterocycles. The number of esters is 1. The van der Waals surface area contributed by atoms with Gasteiger partial charge in [0.05, 0.1) is 18.5 Å². The number of hydrogen-bond donors (Lipinski definition) is 0. The minimum absolute atomic E-state index is 0.0573. The smallest absolute Gasteiger partial charge is 0.327 e. The third-order valence-electron chi connectivity index (χ3n) is 2.07. The minimum Gasteiger partial charge on any atom is -0.468 e. The van der Waals surface area contributed by atoms with Crippen molar-refractivity contribution in [2.24, 2.45) is 0 Å². The molecule has 6 nitrogen and oxygen atoms in total.